The Morgan fingerprint density at radius 2 is 1.83 bits per heavy atom. The average molecular weight is 394 g/mol. The van der Waals surface area contributed by atoms with Crippen molar-refractivity contribution in [3.8, 4) is 11.5 Å². The number of piperidine rings is 1. The number of rotatable bonds is 3. The number of fused-ring (bicyclic) bond motifs is 1. The zero-order valence-corrected chi connectivity index (χ0v) is 15.8. The Morgan fingerprint density at radius 1 is 1.10 bits per heavy atom. The average Bonchev–Trinajstić information content (AvgIpc) is 2.74. The molecule has 3 aromatic rings. The van der Waals surface area contributed by atoms with E-state index in [0.29, 0.717) is 30.9 Å². The number of phenols is 2. The van der Waals surface area contributed by atoms with Crippen molar-refractivity contribution in [2.24, 2.45) is 5.73 Å². The highest BCUT2D eigenvalue weighted by Gasteiger charge is 2.27. The molecule has 0 spiro atoms. The fourth-order valence-corrected chi connectivity index (χ4v) is 3.85. The first kappa shape index (κ1) is 19.0. The van der Waals surface area contributed by atoms with Gasteiger partial charge in [0, 0.05) is 31.1 Å². The summed E-state index contributed by atoms with van der Waals surface area (Å²) in [5.74, 6) is -0.772. The van der Waals surface area contributed by atoms with Crippen LogP contribution >= 0.6 is 0 Å². The van der Waals surface area contributed by atoms with Crippen LogP contribution < -0.4 is 11.4 Å². The van der Waals surface area contributed by atoms with E-state index in [9.17, 15) is 19.8 Å². The summed E-state index contributed by atoms with van der Waals surface area (Å²) in [6.07, 6.45) is 1.60. The number of hydrogen-bond acceptors (Lipinski definition) is 6. The number of carbonyl (C=O) groups is 1. The SMILES string of the molecule is NCc1cccc(C2CCN(C(=O)c3cc4cc(O)c(O)cc4oc3=O)CC2)c1. The molecule has 1 amide bonds. The zero-order valence-electron chi connectivity index (χ0n) is 15.8. The first-order valence-electron chi connectivity index (χ1n) is 9.54. The lowest BCUT2D eigenvalue weighted by atomic mass is 9.88. The van der Waals surface area contributed by atoms with E-state index in [0.717, 1.165) is 24.5 Å². The van der Waals surface area contributed by atoms with Gasteiger partial charge in [0.1, 0.15) is 11.1 Å². The van der Waals surface area contributed by atoms with E-state index in [2.05, 4.69) is 12.1 Å². The molecule has 0 unspecified atom stereocenters. The zero-order chi connectivity index (χ0) is 20.5. The van der Waals surface area contributed by atoms with Crippen molar-refractivity contribution < 1.29 is 19.4 Å². The van der Waals surface area contributed by atoms with Crippen molar-refractivity contribution in [1.82, 2.24) is 4.90 Å². The second-order valence-electron chi connectivity index (χ2n) is 7.34. The van der Waals surface area contributed by atoms with Gasteiger partial charge in [-0.2, -0.15) is 0 Å². The molecule has 150 valence electrons. The van der Waals surface area contributed by atoms with Crippen molar-refractivity contribution in [1.29, 1.82) is 0 Å². The minimum Gasteiger partial charge on any atom is -0.504 e. The van der Waals surface area contributed by atoms with Crippen molar-refractivity contribution in [3.05, 3.63) is 69.6 Å². The quantitative estimate of drug-likeness (QED) is 0.464. The molecule has 0 saturated carbocycles. The summed E-state index contributed by atoms with van der Waals surface area (Å²) in [7, 11) is 0. The van der Waals surface area contributed by atoms with E-state index in [-0.39, 0.29) is 28.6 Å². The van der Waals surface area contributed by atoms with Crippen LogP contribution in [0.5, 0.6) is 11.5 Å². The smallest absolute Gasteiger partial charge is 0.349 e. The number of likely N-dealkylation sites (tertiary alicyclic amines) is 1. The molecule has 1 aliphatic rings. The van der Waals surface area contributed by atoms with Gasteiger partial charge in [-0.1, -0.05) is 24.3 Å². The van der Waals surface area contributed by atoms with Crippen LogP contribution in [0.3, 0.4) is 0 Å². The number of phenolic OH excluding ortho intramolecular Hbond substituents is 2. The number of hydrogen-bond donors (Lipinski definition) is 3. The largest absolute Gasteiger partial charge is 0.504 e. The maximum atomic E-state index is 12.9. The molecule has 7 nitrogen and oxygen atoms in total. The van der Waals surface area contributed by atoms with E-state index < -0.39 is 5.63 Å². The van der Waals surface area contributed by atoms with Crippen LogP contribution in [0, 0.1) is 0 Å². The third-order valence-corrected chi connectivity index (χ3v) is 5.50. The van der Waals surface area contributed by atoms with E-state index in [1.54, 1.807) is 4.90 Å². The molecule has 7 heteroatoms. The van der Waals surface area contributed by atoms with Gasteiger partial charge in [-0.15, -0.1) is 0 Å². The fraction of sp³-hybridized carbons (Fsp3) is 0.273. The summed E-state index contributed by atoms with van der Waals surface area (Å²) >= 11 is 0. The van der Waals surface area contributed by atoms with Crippen molar-refractivity contribution in [2.75, 3.05) is 13.1 Å². The minimum atomic E-state index is -0.759. The topological polar surface area (TPSA) is 117 Å². The standard InChI is InChI=1S/C22H22N2O5/c23-12-13-2-1-3-15(8-13)14-4-6-24(7-5-14)21(27)17-9-16-10-18(25)19(26)11-20(16)29-22(17)28/h1-3,8-11,14,25-26H,4-7,12,23H2. The summed E-state index contributed by atoms with van der Waals surface area (Å²) in [5, 5.41) is 19.6. The maximum Gasteiger partial charge on any atom is 0.349 e. The number of benzene rings is 2. The third-order valence-electron chi connectivity index (χ3n) is 5.50. The molecule has 0 atom stereocenters. The number of aromatic hydroxyl groups is 2. The lowest BCUT2D eigenvalue weighted by Crippen LogP contribution is -2.39. The van der Waals surface area contributed by atoms with Crippen LogP contribution in [-0.4, -0.2) is 34.1 Å². The Kier molecular flexibility index (Phi) is 4.98. The van der Waals surface area contributed by atoms with Gasteiger partial charge < -0.3 is 25.3 Å². The summed E-state index contributed by atoms with van der Waals surface area (Å²) in [6, 6.07) is 12.0. The van der Waals surface area contributed by atoms with E-state index in [4.69, 9.17) is 10.2 Å². The van der Waals surface area contributed by atoms with Crippen molar-refractivity contribution >= 4 is 16.9 Å². The number of nitrogens with zero attached hydrogens (tertiary/aromatic N) is 1. The highest BCUT2D eigenvalue weighted by atomic mass is 16.4. The summed E-state index contributed by atoms with van der Waals surface area (Å²) < 4.78 is 5.17. The Balaban J connectivity index is 1.53. The van der Waals surface area contributed by atoms with Gasteiger partial charge >= 0.3 is 5.63 Å². The molecule has 1 aromatic heterocycles. The molecule has 0 aliphatic carbocycles. The van der Waals surface area contributed by atoms with Crippen LogP contribution in [-0.2, 0) is 6.54 Å². The molecule has 0 radical (unpaired) electrons. The van der Waals surface area contributed by atoms with E-state index in [1.807, 2.05) is 12.1 Å². The Bertz CT molecular complexity index is 1130. The van der Waals surface area contributed by atoms with Gasteiger partial charge in [0.2, 0.25) is 0 Å². The second kappa shape index (κ2) is 7.60. The maximum absolute atomic E-state index is 12.9. The monoisotopic (exact) mass is 394 g/mol. The highest BCUT2D eigenvalue weighted by Crippen LogP contribution is 2.31. The predicted octanol–water partition coefficient (Wildman–Crippen LogP) is 2.68. The third kappa shape index (κ3) is 3.69. The van der Waals surface area contributed by atoms with Gasteiger partial charge in [0.15, 0.2) is 11.5 Å². The van der Waals surface area contributed by atoms with Crippen LogP contribution in [0.2, 0.25) is 0 Å². The highest BCUT2D eigenvalue weighted by molar-refractivity contribution is 5.97. The molecule has 0 bridgehead atoms. The number of amides is 1. The molecule has 4 rings (SSSR count). The summed E-state index contributed by atoms with van der Waals surface area (Å²) in [6.45, 7) is 1.57. The predicted molar refractivity (Wildman–Crippen MR) is 108 cm³/mol. The number of carbonyl (C=O) groups excluding carboxylic acids is 1. The Hall–Kier alpha value is -3.32. The molecular weight excluding hydrogens is 372 g/mol. The number of nitrogens with two attached hydrogens (primary N) is 1. The van der Waals surface area contributed by atoms with Gasteiger partial charge in [-0.3, -0.25) is 4.79 Å². The Labute approximate surface area is 167 Å². The minimum absolute atomic E-state index is 0.0776. The fourth-order valence-electron chi connectivity index (χ4n) is 3.85. The van der Waals surface area contributed by atoms with Gasteiger partial charge in [-0.25, -0.2) is 4.79 Å². The van der Waals surface area contributed by atoms with Gasteiger partial charge in [0.25, 0.3) is 5.91 Å². The van der Waals surface area contributed by atoms with Crippen LogP contribution in [0.1, 0.15) is 40.2 Å². The van der Waals surface area contributed by atoms with E-state index >= 15 is 0 Å². The van der Waals surface area contributed by atoms with Crippen LogP contribution in [0.4, 0.5) is 0 Å². The molecule has 1 saturated heterocycles. The summed E-state index contributed by atoms with van der Waals surface area (Å²) in [5.41, 5.74) is 7.31. The van der Waals surface area contributed by atoms with Gasteiger partial charge in [0.05, 0.1) is 0 Å². The normalized spacial score (nSPS) is 15.0. The first-order chi connectivity index (χ1) is 14.0. The summed E-state index contributed by atoms with van der Waals surface area (Å²) in [4.78, 5) is 26.9. The molecule has 2 aromatic carbocycles. The van der Waals surface area contributed by atoms with E-state index in [1.165, 1.54) is 17.7 Å². The molecule has 4 N–H and O–H groups in total. The second-order valence-corrected chi connectivity index (χ2v) is 7.34. The lowest BCUT2D eigenvalue weighted by molar-refractivity contribution is 0.0709. The molecule has 2 heterocycles. The van der Waals surface area contributed by atoms with Crippen molar-refractivity contribution in [2.45, 2.75) is 25.3 Å². The first-order valence-corrected chi connectivity index (χ1v) is 9.54. The van der Waals surface area contributed by atoms with Crippen molar-refractivity contribution in [3.63, 3.8) is 0 Å². The van der Waals surface area contributed by atoms with Crippen LogP contribution in [0.15, 0.2) is 51.7 Å². The molecule has 29 heavy (non-hydrogen) atoms. The molecule has 1 fully saturated rings. The lowest BCUT2D eigenvalue weighted by Gasteiger charge is -2.32. The van der Waals surface area contributed by atoms with Crippen LogP contribution in [0.25, 0.3) is 11.0 Å². The van der Waals surface area contributed by atoms with Gasteiger partial charge in [-0.05, 0) is 42.0 Å². The molecule has 1 aliphatic heterocycles. The Morgan fingerprint density at radius 3 is 2.55 bits per heavy atom. The molecular formula is C22H22N2O5.